The van der Waals surface area contributed by atoms with E-state index in [9.17, 15) is 4.79 Å². The van der Waals surface area contributed by atoms with Crippen LogP contribution in [0.4, 0.5) is 0 Å². The number of aromatic nitrogens is 1. The van der Waals surface area contributed by atoms with Crippen molar-refractivity contribution in [1.82, 2.24) is 14.8 Å². The number of fused-ring (bicyclic) bond motifs is 1. The molecule has 0 atom stereocenters. The topological polar surface area (TPSA) is 108 Å². The van der Waals surface area contributed by atoms with Crippen LogP contribution in [0.15, 0.2) is 18.2 Å². The SMILES string of the molecule is COc1cc(OCCCN(C)C)cc2[nH]c(C(=O)N(C)C(=N)N)cc12. The number of nitrogens with zero attached hydrogens (tertiary/aromatic N) is 2. The number of benzene rings is 1. The number of hydrogen-bond acceptors (Lipinski definition) is 5. The highest BCUT2D eigenvalue weighted by molar-refractivity contribution is 6.06. The van der Waals surface area contributed by atoms with Crippen molar-refractivity contribution in [2.75, 3.05) is 41.4 Å². The Balaban J connectivity index is 2.25. The Morgan fingerprint density at radius 2 is 2.00 bits per heavy atom. The summed E-state index contributed by atoms with van der Waals surface area (Å²) in [6.45, 7) is 1.53. The number of nitrogens with two attached hydrogens (primary N) is 1. The molecule has 0 aliphatic heterocycles. The average molecular weight is 347 g/mol. The van der Waals surface area contributed by atoms with E-state index in [4.69, 9.17) is 20.6 Å². The summed E-state index contributed by atoms with van der Waals surface area (Å²) in [6, 6.07) is 5.32. The fraction of sp³-hybridized carbons (Fsp3) is 0.412. The van der Waals surface area contributed by atoms with Gasteiger partial charge in [0.05, 0.1) is 19.2 Å². The van der Waals surface area contributed by atoms with Gasteiger partial charge in [0.25, 0.3) is 5.91 Å². The van der Waals surface area contributed by atoms with Crippen molar-refractivity contribution in [3.8, 4) is 11.5 Å². The van der Waals surface area contributed by atoms with Gasteiger partial charge >= 0.3 is 0 Å². The van der Waals surface area contributed by atoms with Crippen LogP contribution in [-0.2, 0) is 0 Å². The van der Waals surface area contributed by atoms with E-state index in [-0.39, 0.29) is 11.9 Å². The standard InChI is InChI=1S/C17H25N5O3/c1-21(2)6-5-7-25-11-8-13-12(15(9-11)24-4)10-14(20-13)16(23)22(3)17(18)19/h8-10,20H,5-7H2,1-4H3,(H3,18,19). The molecule has 0 aliphatic carbocycles. The molecule has 1 aromatic heterocycles. The molecular formula is C17H25N5O3. The smallest absolute Gasteiger partial charge is 0.276 e. The normalized spacial score (nSPS) is 10.9. The summed E-state index contributed by atoms with van der Waals surface area (Å²) in [4.78, 5) is 18.5. The summed E-state index contributed by atoms with van der Waals surface area (Å²) in [7, 11) is 7.06. The Hall–Kier alpha value is -2.74. The van der Waals surface area contributed by atoms with Crippen LogP contribution in [0.1, 0.15) is 16.9 Å². The second kappa shape index (κ2) is 7.89. The Kier molecular flexibility index (Phi) is 5.87. The molecule has 0 fully saturated rings. The van der Waals surface area contributed by atoms with Gasteiger partial charge in [0.2, 0.25) is 0 Å². The van der Waals surface area contributed by atoms with Crippen molar-refractivity contribution in [2.24, 2.45) is 5.73 Å². The van der Waals surface area contributed by atoms with Crippen LogP contribution in [0.2, 0.25) is 0 Å². The molecule has 0 saturated heterocycles. The molecule has 8 heteroatoms. The molecule has 2 rings (SSSR count). The second-order valence-corrected chi connectivity index (χ2v) is 6.02. The van der Waals surface area contributed by atoms with Crippen molar-refractivity contribution < 1.29 is 14.3 Å². The van der Waals surface area contributed by atoms with Crippen LogP contribution in [0.25, 0.3) is 10.9 Å². The van der Waals surface area contributed by atoms with E-state index in [1.54, 1.807) is 19.2 Å². The van der Waals surface area contributed by atoms with Gasteiger partial charge in [-0.05, 0) is 26.6 Å². The van der Waals surface area contributed by atoms with Crippen molar-refractivity contribution >= 4 is 22.8 Å². The maximum atomic E-state index is 12.3. The molecule has 0 bridgehead atoms. The molecule has 0 saturated carbocycles. The summed E-state index contributed by atoms with van der Waals surface area (Å²) >= 11 is 0. The third-order valence-electron chi connectivity index (χ3n) is 3.81. The number of carbonyl (C=O) groups excluding carboxylic acids is 1. The molecule has 4 N–H and O–H groups in total. The minimum absolute atomic E-state index is 0.319. The number of guanidine groups is 1. The largest absolute Gasteiger partial charge is 0.496 e. The minimum Gasteiger partial charge on any atom is -0.496 e. The summed E-state index contributed by atoms with van der Waals surface area (Å²) < 4.78 is 11.2. The van der Waals surface area contributed by atoms with E-state index in [0.29, 0.717) is 23.8 Å². The lowest BCUT2D eigenvalue weighted by atomic mass is 10.2. The quantitative estimate of drug-likeness (QED) is 0.399. The zero-order valence-corrected chi connectivity index (χ0v) is 15.0. The van der Waals surface area contributed by atoms with Crippen LogP contribution in [0.3, 0.4) is 0 Å². The fourth-order valence-electron chi connectivity index (χ4n) is 2.41. The van der Waals surface area contributed by atoms with Crippen LogP contribution in [-0.4, -0.2) is 68.1 Å². The van der Waals surface area contributed by atoms with Crippen LogP contribution in [0.5, 0.6) is 11.5 Å². The van der Waals surface area contributed by atoms with Crippen molar-refractivity contribution in [3.05, 3.63) is 23.9 Å². The molecule has 0 spiro atoms. The lowest BCUT2D eigenvalue weighted by Gasteiger charge is -2.12. The number of rotatable bonds is 7. The second-order valence-electron chi connectivity index (χ2n) is 6.02. The van der Waals surface area contributed by atoms with Gasteiger partial charge in [0, 0.05) is 31.1 Å². The number of aromatic amines is 1. The molecule has 0 radical (unpaired) electrons. The van der Waals surface area contributed by atoms with Gasteiger partial charge in [0.15, 0.2) is 5.96 Å². The molecule has 0 aliphatic rings. The number of hydrogen-bond donors (Lipinski definition) is 3. The Labute approximate surface area is 147 Å². The van der Waals surface area contributed by atoms with E-state index in [1.165, 1.54) is 7.05 Å². The molecule has 2 aromatic rings. The first kappa shape index (κ1) is 18.6. The lowest BCUT2D eigenvalue weighted by Crippen LogP contribution is -2.38. The van der Waals surface area contributed by atoms with Gasteiger partial charge < -0.3 is 25.1 Å². The van der Waals surface area contributed by atoms with Gasteiger partial charge in [-0.25, -0.2) is 0 Å². The molecule has 1 aromatic carbocycles. The van der Waals surface area contributed by atoms with E-state index in [2.05, 4.69) is 9.88 Å². The monoisotopic (exact) mass is 347 g/mol. The predicted molar refractivity (Wildman–Crippen MR) is 97.5 cm³/mol. The molecule has 25 heavy (non-hydrogen) atoms. The molecule has 8 nitrogen and oxygen atoms in total. The lowest BCUT2D eigenvalue weighted by molar-refractivity contribution is 0.0864. The molecular weight excluding hydrogens is 322 g/mol. The Morgan fingerprint density at radius 1 is 1.28 bits per heavy atom. The maximum absolute atomic E-state index is 12.3. The Morgan fingerprint density at radius 3 is 2.60 bits per heavy atom. The van der Waals surface area contributed by atoms with E-state index in [1.807, 2.05) is 20.2 Å². The van der Waals surface area contributed by atoms with Crippen LogP contribution >= 0.6 is 0 Å². The molecule has 136 valence electrons. The number of ether oxygens (including phenoxy) is 2. The minimum atomic E-state index is -0.390. The number of amides is 1. The van der Waals surface area contributed by atoms with Crippen LogP contribution < -0.4 is 15.2 Å². The summed E-state index contributed by atoms with van der Waals surface area (Å²) in [5.41, 5.74) is 6.42. The highest BCUT2D eigenvalue weighted by atomic mass is 16.5. The molecule has 1 heterocycles. The van der Waals surface area contributed by atoms with E-state index in [0.717, 1.165) is 28.8 Å². The van der Waals surface area contributed by atoms with Gasteiger partial charge in [-0.1, -0.05) is 0 Å². The number of nitrogens with one attached hydrogen (secondary N) is 2. The summed E-state index contributed by atoms with van der Waals surface area (Å²) in [5, 5.41) is 8.14. The maximum Gasteiger partial charge on any atom is 0.276 e. The highest BCUT2D eigenvalue weighted by Crippen LogP contribution is 2.32. The van der Waals surface area contributed by atoms with Crippen molar-refractivity contribution in [1.29, 1.82) is 5.41 Å². The number of H-pyrrole nitrogens is 1. The fourth-order valence-corrected chi connectivity index (χ4v) is 2.41. The zero-order chi connectivity index (χ0) is 18.6. The predicted octanol–water partition coefficient (Wildman–Crippen LogP) is 1.47. The Bertz CT molecular complexity index is 769. The first-order valence-corrected chi connectivity index (χ1v) is 7.94. The number of methoxy groups -OCH3 is 1. The summed E-state index contributed by atoms with van der Waals surface area (Å²) in [5.74, 6) is 0.574. The van der Waals surface area contributed by atoms with E-state index < -0.39 is 0 Å². The zero-order valence-electron chi connectivity index (χ0n) is 15.0. The van der Waals surface area contributed by atoms with Crippen molar-refractivity contribution in [3.63, 3.8) is 0 Å². The molecule has 1 amide bonds. The highest BCUT2D eigenvalue weighted by Gasteiger charge is 2.18. The number of carbonyl (C=O) groups is 1. The average Bonchev–Trinajstić information content (AvgIpc) is 3.00. The summed E-state index contributed by atoms with van der Waals surface area (Å²) in [6.07, 6.45) is 0.908. The molecule has 0 unspecified atom stereocenters. The van der Waals surface area contributed by atoms with Gasteiger partial charge in [0.1, 0.15) is 17.2 Å². The first-order valence-electron chi connectivity index (χ1n) is 7.94. The van der Waals surface area contributed by atoms with Crippen molar-refractivity contribution in [2.45, 2.75) is 6.42 Å². The van der Waals surface area contributed by atoms with Crippen LogP contribution in [0, 0.1) is 5.41 Å². The van der Waals surface area contributed by atoms with E-state index >= 15 is 0 Å². The van der Waals surface area contributed by atoms with Gasteiger partial charge in [-0.15, -0.1) is 0 Å². The third-order valence-corrected chi connectivity index (χ3v) is 3.81. The first-order chi connectivity index (χ1) is 11.8. The third kappa shape index (κ3) is 4.42. The van der Waals surface area contributed by atoms with Gasteiger partial charge in [-0.3, -0.25) is 15.1 Å². The van der Waals surface area contributed by atoms with Gasteiger partial charge in [-0.2, -0.15) is 0 Å².